The monoisotopic (exact) mass is 427 g/mol. The van der Waals surface area contributed by atoms with Crippen LogP contribution in [0.1, 0.15) is 31.7 Å². The molecule has 9 heteroatoms. The number of amides is 2. The van der Waals surface area contributed by atoms with Crippen molar-refractivity contribution in [1.29, 1.82) is 0 Å². The number of nitrogens with one attached hydrogen (secondary N) is 2. The van der Waals surface area contributed by atoms with E-state index < -0.39 is 11.9 Å². The second-order valence-electron chi connectivity index (χ2n) is 8.97. The van der Waals surface area contributed by atoms with Crippen LogP contribution in [0.15, 0.2) is 23.0 Å². The van der Waals surface area contributed by atoms with Crippen molar-refractivity contribution in [3.8, 4) is 5.75 Å². The number of aryl methyl sites for hydroxylation is 1. The van der Waals surface area contributed by atoms with Gasteiger partial charge in [0.25, 0.3) is 0 Å². The van der Waals surface area contributed by atoms with Crippen molar-refractivity contribution >= 4 is 22.8 Å². The number of likely N-dealkylation sites (tertiary alicyclic amines) is 1. The zero-order valence-corrected chi connectivity index (χ0v) is 17.8. The third-order valence-electron chi connectivity index (χ3n) is 6.80. The summed E-state index contributed by atoms with van der Waals surface area (Å²) in [6.45, 7) is 5.53. The van der Waals surface area contributed by atoms with Gasteiger partial charge in [-0.3, -0.25) is 24.0 Å². The molecule has 3 saturated heterocycles. The van der Waals surface area contributed by atoms with E-state index in [1.54, 1.807) is 11.6 Å². The predicted molar refractivity (Wildman–Crippen MR) is 115 cm³/mol. The van der Waals surface area contributed by atoms with Crippen LogP contribution in [0.2, 0.25) is 0 Å². The molecule has 1 unspecified atom stereocenters. The Bertz CT molecular complexity index is 1060. The maximum absolute atomic E-state index is 12.9. The number of carbonyl (C=O) groups is 2. The molecule has 0 saturated carbocycles. The Labute approximate surface area is 180 Å². The number of ether oxygens (including phenoxy) is 1. The fourth-order valence-electron chi connectivity index (χ4n) is 4.89. The van der Waals surface area contributed by atoms with Crippen molar-refractivity contribution < 1.29 is 14.3 Å². The van der Waals surface area contributed by atoms with Gasteiger partial charge < -0.3 is 15.0 Å². The Balaban J connectivity index is 1.30. The van der Waals surface area contributed by atoms with Gasteiger partial charge in [0.05, 0.1) is 11.0 Å². The fourth-order valence-corrected chi connectivity index (χ4v) is 4.89. The quantitative estimate of drug-likeness (QED) is 0.670. The first-order valence-corrected chi connectivity index (χ1v) is 11.1. The van der Waals surface area contributed by atoms with Crippen molar-refractivity contribution in [3.05, 3.63) is 28.7 Å². The van der Waals surface area contributed by atoms with Crippen molar-refractivity contribution in [1.82, 2.24) is 24.7 Å². The lowest BCUT2D eigenvalue weighted by atomic mass is 10.0. The number of fused-ring (bicyclic) bond motifs is 1. The highest BCUT2D eigenvalue weighted by molar-refractivity contribution is 6.00. The molecule has 9 nitrogen and oxygen atoms in total. The average Bonchev–Trinajstić information content (AvgIpc) is 2.97. The van der Waals surface area contributed by atoms with Crippen molar-refractivity contribution in [3.63, 3.8) is 0 Å². The maximum atomic E-state index is 12.9. The van der Waals surface area contributed by atoms with E-state index in [4.69, 9.17) is 4.74 Å². The number of aromatic nitrogens is 2. The van der Waals surface area contributed by atoms with E-state index in [9.17, 15) is 14.4 Å². The second-order valence-corrected chi connectivity index (χ2v) is 8.97. The van der Waals surface area contributed by atoms with Gasteiger partial charge in [0, 0.05) is 52.3 Å². The van der Waals surface area contributed by atoms with Crippen LogP contribution in [0, 0.1) is 5.92 Å². The Morgan fingerprint density at radius 2 is 1.84 bits per heavy atom. The molecule has 0 aliphatic carbocycles. The SMILES string of the molecule is Cn1c(=O)n(C2CCC(=O)NC2=O)c2ccc(OC3CCN(CC4CNC4)CC3)cc21. The van der Waals surface area contributed by atoms with E-state index in [1.165, 1.54) is 11.1 Å². The number of piperidine rings is 2. The van der Waals surface area contributed by atoms with Gasteiger partial charge in [0.1, 0.15) is 17.9 Å². The zero-order valence-electron chi connectivity index (χ0n) is 17.8. The smallest absolute Gasteiger partial charge is 0.329 e. The van der Waals surface area contributed by atoms with E-state index in [2.05, 4.69) is 15.5 Å². The zero-order chi connectivity index (χ0) is 21.5. The van der Waals surface area contributed by atoms with Crippen molar-refractivity contribution in [2.75, 3.05) is 32.7 Å². The highest BCUT2D eigenvalue weighted by Crippen LogP contribution is 2.27. The summed E-state index contributed by atoms with van der Waals surface area (Å²) in [5.41, 5.74) is 1.14. The molecule has 3 aliphatic rings. The third-order valence-corrected chi connectivity index (χ3v) is 6.80. The van der Waals surface area contributed by atoms with Gasteiger partial charge in [-0.1, -0.05) is 0 Å². The molecule has 166 valence electrons. The van der Waals surface area contributed by atoms with Crippen LogP contribution in [0.25, 0.3) is 11.0 Å². The lowest BCUT2D eigenvalue weighted by Gasteiger charge is -2.37. The van der Waals surface area contributed by atoms with Gasteiger partial charge in [-0.15, -0.1) is 0 Å². The molecule has 5 rings (SSSR count). The minimum absolute atomic E-state index is 0.169. The number of nitrogens with zero attached hydrogens (tertiary/aromatic N) is 3. The molecule has 4 heterocycles. The molecule has 1 aromatic heterocycles. The Morgan fingerprint density at radius 3 is 2.52 bits per heavy atom. The molecule has 31 heavy (non-hydrogen) atoms. The maximum Gasteiger partial charge on any atom is 0.329 e. The minimum atomic E-state index is -0.670. The summed E-state index contributed by atoms with van der Waals surface area (Å²) in [4.78, 5) is 39.2. The van der Waals surface area contributed by atoms with E-state index in [0.717, 1.165) is 56.2 Å². The van der Waals surface area contributed by atoms with Crippen LogP contribution in [-0.4, -0.2) is 64.7 Å². The minimum Gasteiger partial charge on any atom is -0.490 e. The molecule has 3 aliphatic heterocycles. The predicted octanol–water partition coefficient (Wildman–Crippen LogP) is 0.380. The number of carbonyl (C=O) groups excluding carboxylic acids is 2. The number of rotatable bonds is 5. The molecule has 3 fully saturated rings. The molecule has 2 N–H and O–H groups in total. The highest BCUT2D eigenvalue weighted by atomic mass is 16.5. The van der Waals surface area contributed by atoms with Gasteiger partial charge in [-0.05, 0) is 37.3 Å². The van der Waals surface area contributed by atoms with Gasteiger partial charge in [0.2, 0.25) is 11.8 Å². The third kappa shape index (κ3) is 3.87. The second kappa shape index (κ2) is 8.12. The summed E-state index contributed by atoms with van der Waals surface area (Å²) < 4.78 is 9.29. The molecule has 2 aromatic rings. The summed E-state index contributed by atoms with van der Waals surface area (Å²) in [6.07, 6.45) is 2.72. The first kappa shape index (κ1) is 20.3. The highest BCUT2D eigenvalue weighted by Gasteiger charge is 2.31. The normalized spacial score (nSPS) is 23.7. The molecule has 0 radical (unpaired) electrons. The first-order valence-electron chi connectivity index (χ1n) is 11.1. The van der Waals surface area contributed by atoms with Crippen LogP contribution >= 0.6 is 0 Å². The molecule has 1 atom stereocenters. The Hall–Kier alpha value is -2.65. The van der Waals surface area contributed by atoms with Crippen LogP contribution in [0.4, 0.5) is 0 Å². The fraction of sp³-hybridized carbons (Fsp3) is 0.591. The Kier molecular flexibility index (Phi) is 5.31. The van der Waals surface area contributed by atoms with E-state index >= 15 is 0 Å². The molecule has 0 bridgehead atoms. The molecule has 0 spiro atoms. The van der Waals surface area contributed by atoms with Gasteiger partial charge in [-0.25, -0.2) is 4.79 Å². The molecule has 2 amide bonds. The standard InChI is InChI=1S/C22H29N5O4/c1-25-19-10-16(31-15-6-8-26(9-7-15)13-14-11-23-12-14)2-3-17(19)27(22(25)30)18-4-5-20(28)24-21(18)29/h2-3,10,14-15,18,23H,4-9,11-13H2,1H3,(H,24,28,29). The topological polar surface area (TPSA) is 97.6 Å². The number of hydrogen-bond donors (Lipinski definition) is 2. The summed E-state index contributed by atoms with van der Waals surface area (Å²) >= 11 is 0. The number of imidazole rings is 1. The van der Waals surface area contributed by atoms with Crippen LogP contribution in [-0.2, 0) is 16.6 Å². The summed E-state index contributed by atoms with van der Waals surface area (Å²) in [7, 11) is 1.70. The summed E-state index contributed by atoms with van der Waals surface area (Å²) in [5, 5.41) is 5.67. The average molecular weight is 428 g/mol. The molecular formula is C22H29N5O4. The summed E-state index contributed by atoms with van der Waals surface area (Å²) in [5.74, 6) is 0.816. The molecule has 1 aromatic carbocycles. The lowest BCUT2D eigenvalue weighted by Crippen LogP contribution is -2.50. The van der Waals surface area contributed by atoms with Gasteiger partial charge >= 0.3 is 5.69 Å². The number of benzene rings is 1. The van der Waals surface area contributed by atoms with E-state index in [-0.39, 0.29) is 24.1 Å². The molecular weight excluding hydrogens is 398 g/mol. The van der Waals surface area contributed by atoms with E-state index in [0.29, 0.717) is 11.9 Å². The first-order chi connectivity index (χ1) is 15.0. The van der Waals surface area contributed by atoms with Crippen LogP contribution in [0.3, 0.4) is 0 Å². The largest absolute Gasteiger partial charge is 0.490 e. The van der Waals surface area contributed by atoms with Gasteiger partial charge in [-0.2, -0.15) is 0 Å². The van der Waals surface area contributed by atoms with E-state index in [1.807, 2.05) is 18.2 Å². The van der Waals surface area contributed by atoms with Crippen LogP contribution < -0.4 is 21.1 Å². The Morgan fingerprint density at radius 1 is 1.06 bits per heavy atom. The number of hydrogen-bond acceptors (Lipinski definition) is 6. The number of imide groups is 1. The van der Waals surface area contributed by atoms with Gasteiger partial charge in [0.15, 0.2) is 0 Å². The summed E-state index contributed by atoms with van der Waals surface area (Å²) in [6, 6.07) is 4.92. The van der Waals surface area contributed by atoms with Crippen molar-refractivity contribution in [2.24, 2.45) is 13.0 Å². The van der Waals surface area contributed by atoms with Crippen LogP contribution in [0.5, 0.6) is 5.75 Å². The van der Waals surface area contributed by atoms with Crippen molar-refractivity contribution in [2.45, 2.75) is 37.8 Å². The lowest BCUT2D eigenvalue weighted by molar-refractivity contribution is -0.135.